The summed E-state index contributed by atoms with van der Waals surface area (Å²) in [4.78, 5) is 0. The van der Waals surface area contributed by atoms with Crippen LogP contribution in [0.25, 0.3) is 88.0 Å². The number of hydrogen-bond donors (Lipinski definition) is 0. The summed E-state index contributed by atoms with van der Waals surface area (Å²) in [6.45, 7) is 0. The smallest absolute Gasteiger partial charge is 0.0468 e. The Labute approximate surface area is 302 Å². The van der Waals surface area contributed by atoms with E-state index in [1.165, 1.54) is 54.6 Å². The van der Waals surface area contributed by atoms with Crippen molar-refractivity contribution in [3.63, 3.8) is 0 Å². The third-order valence-corrected chi connectivity index (χ3v) is 10.3. The maximum Gasteiger partial charge on any atom is 0.0468 e. The highest BCUT2D eigenvalue weighted by atomic mass is 15.0. The molecule has 0 aliphatic carbocycles. The first-order valence-corrected chi connectivity index (χ1v) is 17.8. The minimum absolute atomic E-state index is 1.11. The van der Waals surface area contributed by atoms with Crippen LogP contribution >= 0.6 is 0 Å². The lowest BCUT2D eigenvalue weighted by Gasteiger charge is -2.16. The van der Waals surface area contributed by atoms with E-state index in [-0.39, 0.29) is 0 Å². The Hall–Kier alpha value is -6.90. The molecule has 244 valence electrons. The van der Waals surface area contributed by atoms with Gasteiger partial charge in [-0.2, -0.15) is 0 Å². The normalized spacial score (nSPS) is 11.5. The van der Waals surface area contributed by atoms with Gasteiger partial charge in [0.25, 0.3) is 0 Å². The van der Waals surface area contributed by atoms with E-state index < -0.39 is 0 Å². The Balaban J connectivity index is 1.29. The largest absolute Gasteiger partial charge is 0.310 e. The zero-order chi connectivity index (χ0) is 34.4. The Morgan fingerprint density at radius 3 is 1.02 bits per heavy atom. The molecule has 0 atom stereocenters. The number of rotatable bonds is 4. The molecular weight excluding hydrogens is 629 g/mol. The van der Waals surface area contributed by atoms with Crippen molar-refractivity contribution in [2.45, 2.75) is 0 Å². The molecule has 2 nitrogen and oxygen atoms in total. The van der Waals surface area contributed by atoms with Crippen molar-refractivity contribution in [1.82, 2.24) is 9.13 Å². The number of hydrogen-bond acceptors (Lipinski definition) is 0. The molecule has 9 aromatic carbocycles. The van der Waals surface area contributed by atoms with Crippen molar-refractivity contribution in [3.8, 4) is 33.6 Å². The zero-order valence-corrected chi connectivity index (χ0v) is 28.5. The quantitative estimate of drug-likeness (QED) is 0.166. The molecule has 1 aromatic heterocycles. The van der Waals surface area contributed by atoms with Crippen LogP contribution in [0.4, 0.5) is 0 Å². The minimum atomic E-state index is 1.11. The molecular formula is C50H34N2. The van der Waals surface area contributed by atoms with Crippen molar-refractivity contribution in [1.29, 1.82) is 0 Å². The highest BCUT2D eigenvalue weighted by Crippen LogP contribution is 2.32. The maximum atomic E-state index is 2.39. The van der Waals surface area contributed by atoms with Gasteiger partial charge in [-0.25, -0.2) is 0 Å². The summed E-state index contributed by atoms with van der Waals surface area (Å²) >= 11 is 0. The molecule has 2 heteroatoms. The summed E-state index contributed by atoms with van der Waals surface area (Å²) < 4.78 is 4.77. The highest BCUT2D eigenvalue weighted by Gasteiger charge is 2.09. The molecule has 10 aromatic rings. The zero-order valence-electron chi connectivity index (χ0n) is 28.5. The third kappa shape index (κ3) is 5.30. The second-order valence-electron chi connectivity index (χ2n) is 13.5. The molecule has 0 aliphatic rings. The maximum absolute atomic E-state index is 2.39. The molecule has 0 spiro atoms. The van der Waals surface area contributed by atoms with E-state index in [0.29, 0.717) is 0 Å². The summed E-state index contributed by atoms with van der Waals surface area (Å²) in [5.41, 5.74) is 11.5. The van der Waals surface area contributed by atoms with Gasteiger partial charge in [-0.15, -0.1) is 0 Å². The summed E-state index contributed by atoms with van der Waals surface area (Å²) in [5.74, 6) is 0. The summed E-state index contributed by atoms with van der Waals surface area (Å²) in [5, 5.41) is 7.22. The molecule has 0 aliphatic heterocycles. The highest BCUT2D eigenvalue weighted by molar-refractivity contribution is 6.10. The van der Waals surface area contributed by atoms with Gasteiger partial charge in [-0.05, 0) is 127 Å². The molecule has 0 N–H and O–H groups in total. The fourth-order valence-electron chi connectivity index (χ4n) is 7.71. The molecule has 1 heterocycles. The van der Waals surface area contributed by atoms with Crippen molar-refractivity contribution in [2.75, 3.05) is 0 Å². The van der Waals surface area contributed by atoms with E-state index >= 15 is 0 Å². The van der Waals surface area contributed by atoms with E-state index in [1.807, 2.05) is 0 Å². The van der Waals surface area contributed by atoms with Gasteiger partial charge in [0.15, 0.2) is 0 Å². The number of benzene rings is 9. The van der Waals surface area contributed by atoms with Crippen molar-refractivity contribution in [2.24, 2.45) is 0 Å². The number of aromatic nitrogens is 2. The molecule has 8 bridgehead atoms. The summed E-state index contributed by atoms with van der Waals surface area (Å²) in [6, 6.07) is 75.2. The van der Waals surface area contributed by atoms with Gasteiger partial charge < -0.3 is 9.13 Å². The Kier molecular flexibility index (Phi) is 7.18. The monoisotopic (exact) mass is 662 g/mol. The second-order valence-corrected chi connectivity index (χ2v) is 13.5. The first-order chi connectivity index (χ1) is 25.7. The Bertz CT molecular complexity index is 2760. The SMILES string of the molecule is c1ccc(-c2ccc(-n3c4cccc(c4)c4cccc(c4)n(-c4ccc(-c5ccccc5)cc4)c4ccc5ccc6ccc3cc6c5c4)cc2)cc1. The molecule has 10 rings (SSSR count). The van der Waals surface area contributed by atoms with Crippen molar-refractivity contribution >= 4 is 54.4 Å². The molecule has 0 unspecified atom stereocenters. The van der Waals surface area contributed by atoms with Gasteiger partial charge >= 0.3 is 0 Å². The van der Waals surface area contributed by atoms with Crippen LogP contribution in [0, 0.1) is 0 Å². The van der Waals surface area contributed by atoms with Gasteiger partial charge in [0.05, 0.1) is 0 Å². The molecule has 0 radical (unpaired) electrons. The van der Waals surface area contributed by atoms with Gasteiger partial charge in [0.1, 0.15) is 0 Å². The number of fused-ring (bicyclic) bond motifs is 7. The van der Waals surface area contributed by atoms with Gasteiger partial charge in [0.2, 0.25) is 0 Å². The van der Waals surface area contributed by atoms with Crippen LogP contribution in [0.2, 0.25) is 0 Å². The van der Waals surface area contributed by atoms with Crippen LogP contribution in [0.5, 0.6) is 0 Å². The van der Waals surface area contributed by atoms with Crippen LogP contribution in [-0.2, 0) is 0 Å². The van der Waals surface area contributed by atoms with E-state index in [0.717, 1.165) is 33.4 Å². The van der Waals surface area contributed by atoms with E-state index in [2.05, 4.69) is 215 Å². The van der Waals surface area contributed by atoms with Crippen molar-refractivity contribution in [3.05, 3.63) is 206 Å². The molecule has 0 amide bonds. The standard InChI is InChI=1S/C50H34N2/c1-3-9-35(10-4-1)37-19-25-43(26-20-37)51-45-15-7-13-41(31-45)42-14-8-16-46(32-42)52(44-27-21-38(22-28-44)36-11-5-2-6-12-36)48-30-24-40-18-17-39-23-29-47(51)33-49(39)50(40)34-48/h1-34H. The lowest BCUT2D eigenvalue weighted by atomic mass is 10.0. The van der Waals surface area contributed by atoms with E-state index in [4.69, 9.17) is 0 Å². The molecule has 52 heavy (non-hydrogen) atoms. The van der Waals surface area contributed by atoms with E-state index in [1.54, 1.807) is 0 Å². The first kappa shape index (κ1) is 30.0. The fraction of sp³-hybridized carbons (Fsp3) is 0. The molecule has 0 fully saturated rings. The van der Waals surface area contributed by atoms with Crippen LogP contribution in [0.15, 0.2) is 206 Å². The van der Waals surface area contributed by atoms with Crippen LogP contribution in [0.3, 0.4) is 0 Å². The number of nitrogens with zero attached hydrogens (tertiary/aromatic N) is 2. The average Bonchev–Trinajstić information content (AvgIpc) is 3.22. The second kappa shape index (κ2) is 12.5. The van der Waals surface area contributed by atoms with Crippen molar-refractivity contribution < 1.29 is 0 Å². The minimum Gasteiger partial charge on any atom is -0.310 e. The Morgan fingerprint density at radius 1 is 0.231 bits per heavy atom. The van der Waals surface area contributed by atoms with Gasteiger partial charge in [-0.1, -0.05) is 133 Å². The van der Waals surface area contributed by atoms with Gasteiger partial charge in [-0.3, -0.25) is 0 Å². The lowest BCUT2D eigenvalue weighted by molar-refractivity contribution is 1.16. The summed E-state index contributed by atoms with van der Waals surface area (Å²) in [6.07, 6.45) is 0. The third-order valence-electron chi connectivity index (χ3n) is 10.3. The lowest BCUT2D eigenvalue weighted by Crippen LogP contribution is -1.98. The predicted molar refractivity (Wildman–Crippen MR) is 221 cm³/mol. The average molecular weight is 663 g/mol. The summed E-state index contributed by atoms with van der Waals surface area (Å²) in [7, 11) is 0. The molecule has 0 saturated heterocycles. The first-order valence-electron chi connectivity index (χ1n) is 17.8. The molecule has 0 saturated carbocycles. The van der Waals surface area contributed by atoms with Crippen LogP contribution in [0.1, 0.15) is 0 Å². The topological polar surface area (TPSA) is 9.86 Å². The van der Waals surface area contributed by atoms with Crippen LogP contribution < -0.4 is 0 Å². The Morgan fingerprint density at radius 2 is 0.596 bits per heavy atom. The van der Waals surface area contributed by atoms with Gasteiger partial charge in [0, 0.05) is 33.4 Å². The predicted octanol–water partition coefficient (Wildman–Crippen LogP) is 13.5. The van der Waals surface area contributed by atoms with Crippen LogP contribution in [-0.4, -0.2) is 9.13 Å². The van der Waals surface area contributed by atoms with E-state index in [9.17, 15) is 0 Å². The fourth-order valence-corrected chi connectivity index (χ4v) is 7.71.